The topological polar surface area (TPSA) is 87.0 Å². The minimum Gasteiger partial charge on any atom is -0.444 e. The summed E-state index contributed by atoms with van der Waals surface area (Å²) in [5.74, 6) is 0. The summed E-state index contributed by atoms with van der Waals surface area (Å²) in [5, 5.41) is 15.2. The van der Waals surface area contributed by atoms with Gasteiger partial charge in [0.2, 0.25) is 0 Å². The van der Waals surface area contributed by atoms with E-state index >= 15 is 0 Å². The van der Waals surface area contributed by atoms with E-state index in [1.807, 2.05) is 45.0 Å². The van der Waals surface area contributed by atoms with Gasteiger partial charge in [-0.2, -0.15) is 5.26 Å². The largest absolute Gasteiger partial charge is 0.444 e. The van der Waals surface area contributed by atoms with E-state index in [2.05, 4.69) is 21.7 Å². The van der Waals surface area contributed by atoms with Crippen LogP contribution in [0.1, 0.15) is 56.5 Å². The second kappa shape index (κ2) is 7.67. The molecule has 1 aliphatic carbocycles. The van der Waals surface area contributed by atoms with Crippen molar-refractivity contribution in [2.75, 3.05) is 10.6 Å². The third-order valence-corrected chi connectivity index (χ3v) is 4.32. The number of anilines is 2. The first-order valence-corrected chi connectivity index (χ1v) is 9.09. The fourth-order valence-electron chi connectivity index (χ4n) is 3.21. The number of carbonyl (C=O) groups excluding carboxylic acids is 1. The minimum absolute atomic E-state index is 0.180. The van der Waals surface area contributed by atoms with Gasteiger partial charge in [0.25, 0.3) is 0 Å². The van der Waals surface area contributed by atoms with Crippen LogP contribution in [-0.4, -0.2) is 16.7 Å². The van der Waals surface area contributed by atoms with Crippen molar-refractivity contribution >= 4 is 17.5 Å². The molecule has 0 bridgehead atoms. The maximum absolute atomic E-state index is 12.0. The van der Waals surface area contributed by atoms with Gasteiger partial charge in [-0.15, -0.1) is 0 Å². The van der Waals surface area contributed by atoms with E-state index < -0.39 is 11.7 Å². The quantitative estimate of drug-likeness (QED) is 0.817. The summed E-state index contributed by atoms with van der Waals surface area (Å²) < 4.78 is 5.31. The highest BCUT2D eigenvalue weighted by Crippen LogP contribution is 2.34. The second-order valence-electron chi connectivity index (χ2n) is 7.67. The Hall–Kier alpha value is -3.07. The number of nitrogens with one attached hydrogen (secondary N) is 2. The molecule has 1 heterocycles. The summed E-state index contributed by atoms with van der Waals surface area (Å²) in [6, 6.07) is 11.8. The molecule has 27 heavy (non-hydrogen) atoms. The lowest BCUT2D eigenvalue weighted by atomic mass is 9.87. The van der Waals surface area contributed by atoms with Crippen molar-refractivity contribution in [1.82, 2.24) is 4.98 Å². The number of aromatic nitrogens is 1. The molecule has 2 aromatic rings. The van der Waals surface area contributed by atoms with Crippen LogP contribution in [0.5, 0.6) is 0 Å². The molecule has 0 aliphatic heterocycles. The Morgan fingerprint density at radius 3 is 2.70 bits per heavy atom. The number of pyridine rings is 1. The lowest BCUT2D eigenvalue weighted by Gasteiger charge is -2.28. The van der Waals surface area contributed by atoms with Crippen LogP contribution in [0.15, 0.2) is 36.5 Å². The fraction of sp³-hybridized carbons (Fsp3) is 0.381. The van der Waals surface area contributed by atoms with Crippen molar-refractivity contribution in [3.8, 4) is 6.07 Å². The summed E-state index contributed by atoms with van der Waals surface area (Å²) in [7, 11) is 0. The molecule has 1 aromatic heterocycles. The molecule has 1 atom stereocenters. The molecule has 3 rings (SSSR count). The van der Waals surface area contributed by atoms with Gasteiger partial charge in [-0.3, -0.25) is 5.32 Å². The van der Waals surface area contributed by atoms with Crippen LogP contribution in [0.4, 0.5) is 16.2 Å². The maximum Gasteiger partial charge on any atom is 0.412 e. The van der Waals surface area contributed by atoms with Crippen molar-refractivity contribution in [1.29, 1.82) is 5.26 Å². The number of hydrogen-bond donors (Lipinski definition) is 2. The van der Waals surface area contributed by atoms with Crippen molar-refractivity contribution < 1.29 is 9.53 Å². The highest BCUT2D eigenvalue weighted by Gasteiger charge is 2.21. The number of aryl methyl sites for hydroxylation is 1. The zero-order valence-electron chi connectivity index (χ0n) is 15.9. The van der Waals surface area contributed by atoms with E-state index in [4.69, 9.17) is 10.00 Å². The predicted octanol–water partition coefficient (Wildman–Crippen LogP) is 4.79. The molecule has 0 fully saturated rings. The van der Waals surface area contributed by atoms with E-state index in [1.165, 1.54) is 11.1 Å². The number of rotatable bonds is 3. The van der Waals surface area contributed by atoms with E-state index in [1.54, 1.807) is 12.3 Å². The molecule has 1 amide bonds. The molecule has 1 unspecified atom stereocenters. The third-order valence-electron chi connectivity index (χ3n) is 4.32. The molecule has 0 spiro atoms. The van der Waals surface area contributed by atoms with Crippen molar-refractivity contribution in [3.05, 3.63) is 53.3 Å². The van der Waals surface area contributed by atoms with Gasteiger partial charge >= 0.3 is 6.09 Å². The SMILES string of the molecule is CC(C)(C)OC(=O)Nc1ccc2c(c1)CCCC2Nc1ccc(C#N)nc1. The van der Waals surface area contributed by atoms with Gasteiger partial charge in [-0.25, -0.2) is 9.78 Å². The Morgan fingerprint density at radius 1 is 1.26 bits per heavy atom. The van der Waals surface area contributed by atoms with E-state index in [9.17, 15) is 4.79 Å². The Labute approximate surface area is 159 Å². The average molecular weight is 364 g/mol. The van der Waals surface area contributed by atoms with E-state index in [-0.39, 0.29) is 6.04 Å². The van der Waals surface area contributed by atoms with Crippen molar-refractivity contribution in [2.45, 2.75) is 51.7 Å². The number of nitrogens with zero attached hydrogens (tertiary/aromatic N) is 2. The molecule has 0 radical (unpaired) electrons. The third kappa shape index (κ3) is 4.98. The van der Waals surface area contributed by atoms with Crippen molar-refractivity contribution in [3.63, 3.8) is 0 Å². The summed E-state index contributed by atoms with van der Waals surface area (Å²) in [6.45, 7) is 5.52. The molecular formula is C21H24N4O2. The molecule has 140 valence electrons. The summed E-state index contributed by atoms with van der Waals surface area (Å²) >= 11 is 0. The number of benzene rings is 1. The molecular weight excluding hydrogens is 340 g/mol. The Kier molecular flexibility index (Phi) is 5.31. The Bertz CT molecular complexity index is 863. The zero-order valence-corrected chi connectivity index (χ0v) is 15.9. The fourth-order valence-corrected chi connectivity index (χ4v) is 3.21. The average Bonchev–Trinajstić information content (AvgIpc) is 2.61. The van der Waals surface area contributed by atoms with E-state index in [0.29, 0.717) is 5.69 Å². The molecule has 6 nitrogen and oxygen atoms in total. The van der Waals surface area contributed by atoms with Crippen LogP contribution >= 0.6 is 0 Å². The normalized spacial score (nSPS) is 16.0. The highest BCUT2D eigenvalue weighted by atomic mass is 16.6. The van der Waals surface area contributed by atoms with Gasteiger partial charge in [0.05, 0.1) is 17.9 Å². The Morgan fingerprint density at radius 2 is 2.04 bits per heavy atom. The zero-order chi connectivity index (χ0) is 19.4. The van der Waals surface area contributed by atoms with Crippen LogP contribution in [0.25, 0.3) is 0 Å². The lowest BCUT2D eigenvalue weighted by molar-refractivity contribution is 0.0636. The smallest absolute Gasteiger partial charge is 0.412 e. The van der Waals surface area contributed by atoms with Gasteiger partial charge in [-0.05, 0) is 75.4 Å². The number of hydrogen-bond acceptors (Lipinski definition) is 5. The second-order valence-corrected chi connectivity index (χ2v) is 7.67. The Balaban J connectivity index is 1.72. The van der Waals surface area contributed by atoms with Crippen LogP contribution < -0.4 is 10.6 Å². The maximum atomic E-state index is 12.0. The van der Waals surface area contributed by atoms with Crippen LogP contribution in [0.3, 0.4) is 0 Å². The molecule has 0 saturated heterocycles. The number of fused-ring (bicyclic) bond motifs is 1. The van der Waals surface area contributed by atoms with Gasteiger partial charge < -0.3 is 10.1 Å². The van der Waals surface area contributed by atoms with Crippen LogP contribution in [0, 0.1) is 11.3 Å². The van der Waals surface area contributed by atoms with Crippen LogP contribution in [0.2, 0.25) is 0 Å². The summed E-state index contributed by atoms with van der Waals surface area (Å²) in [4.78, 5) is 16.1. The van der Waals surface area contributed by atoms with Gasteiger partial charge in [-0.1, -0.05) is 6.07 Å². The lowest BCUT2D eigenvalue weighted by Crippen LogP contribution is -2.27. The minimum atomic E-state index is -0.525. The first-order valence-electron chi connectivity index (χ1n) is 9.09. The number of amides is 1. The van der Waals surface area contributed by atoms with E-state index in [0.717, 1.165) is 30.6 Å². The molecule has 1 aromatic carbocycles. The monoisotopic (exact) mass is 364 g/mol. The van der Waals surface area contributed by atoms with Gasteiger partial charge in [0.15, 0.2) is 0 Å². The summed E-state index contributed by atoms with van der Waals surface area (Å²) in [5.41, 5.74) is 3.95. The predicted molar refractivity (Wildman–Crippen MR) is 105 cm³/mol. The number of nitriles is 1. The first kappa shape index (κ1) is 18.7. The van der Waals surface area contributed by atoms with Gasteiger partial charge in [0.1, 0.15) is 17.4 Å². The first-order chi connectivity index (χ1) is 12.8. The molecule has 1 aliphatic rings. The van der Waals surface area contributed by atoms with Crippen molar-refractivity contribution in [2.24, 2.45) is 0 Å². The molecule has 0 saturated carbocycles. The summed E-state index contributed by atoms with van der Waals surface area (Å²) in [6.07, 6.45) is 4.29. The number of ether oxygens (including phenoxy) is 1. The van der Waals surface area contributed by atoms with Gasteiger partial charge in [0, 0.05) is 5.69 Å². The molecule has 2 N–H and O–H groups in total. The van der Waals surface area contributed by atoms with Crippen LogP contribution in [-0.2, 0) is 11.2 Å². The highest BCUT2D eigenvalue weighted by molar-refractivity contribution is 5.85. The standard InChI is InChI=1S/C21H24N4O2/c1-21(2,3)27-20(26)25-15-9-10-18-14(11-15)5-4-6-19(18)24-17-8-7-16(12-22)23-13-17/h7-11,13,19,24H,4-6H2,1-3H3,(H,25,26). The number of carbonyl (C=O) groups is 1. The molecule has 6 heteroatoms.